The lowest BCUT2D eigenvalue weighted by molar-refractivity contribution is 0.281. The Morgan fingerprint density at radius 1 is 1.53 bits per heavy atom. The Balaban J connectivity index is 2.31. The van der Waals surface area contributed by atoms with E-state index in [1.54, 1.807) is 6.07 Å². The van der Waals surface area contributed by atoms with Crippen molar-refractivity contribution >= 4 is 10.0 Å². The maximum Gasteiger partial charge on any atom is 0.260 e. The number of aliphatic hydroxyl groups is 1. The van der Waals surface area contributed by atoms with Crippen molar-refractivity contribution in [3.8, 4) is 0 Å². The lowest BCUT2D eigenvalue weighted by Gasteiger charge is -2.20. The van der Waals surface area contributed by atoms with E-state index < -0.39 is 10.0 Å². The lowest BCUT2D eigenvalue weighted by atomic mass is 10.3. The van der Waals surface area contributed by atoms with E-state index in [0.29, 0.717) is 12.1 Å². The summed E-state index contributed by atoms with van der Waals surface area (Å²) in [6.07, 6.45) is 3.19. The second-order valence-electron chi connectivity index (χ2n) is 4.27. The van der Waals surface area contributed by atoms with Crippen LogP contribution in [-0.4, -0.2) is 35.4 Å². The fourth-order valence-electron chi connectivity index (χ4n) is 2.04. The van der Waals surface area contributed by atoms with Crippen molar-refractivity contribution in [2.45, 2.75) is 37.4 Å². The number of hydrogen-bond acceptors (Lipinski definition) is 4. The van der Waals surface area contributed by atoms with E-state index in [1.165, 1.54) is 16.6 Å². The predicted molar refractivity (Wildman–Crippen MR) is 62.7 cm³/mol. The van der Waals surface area contributed by atoms with Crippen molar-refractivity contribution in [1.82, 2.24) is 9.29 Å². The molecule has 1 aliphatic heterocycles. The zero-order valence-electron chi connectivity index (χ0n) is 9.70. The molecule has 0 aromatic carbocycles. The van der Waals surface area contributed by atoms with Gasteiger partial charge in [0.05, 0.1) is 6.61 Å². The molecule has 1 aliphatic rings. The molecule has 0 aliphatic carbocycles. The van der Waals surface area contributed by atoms with E-state index in [4.69, 9.17) is 5.11 Å². The van der Waals surface area contributed by atoms with Gasteiger partial charge in [-0.25, -0.2) is 13.4 Å². The minimum atomic E-state index is -3.47. The summed E-state index contributed by atoms with van der Waals surface area (Å²) >= 11 is 0. The first kappa shape index (κ1) is 12.5. The molecule has 1 N–H and O–H groups in total. The highest BCUT2D eigenvalue weighted by Gasteiger charge is 2.33. The molecule has 1 unspecified atom stereocenters. The molecule has 0 saturated carbocycles. The van der Waals surface area contributed by atoms with Crippen LogP contribution in [0.15, 0.2) is 23.4 Å². The number of pyridine rings is 1. The van der Waals surface area contributed by atoms with Crippen molar-refractivity contribution in [3.05, 3.63) is 23.9 Å². The van der Waals surface area contributed by atoms with Crippen molar-refractivity contribution in [3.63, 3.8) is 0 Å². The van der Waals surface area contributed by atoms with Gasteiger partial charge in [-0.1, -0.05) is 6.07 Å². The topological polar surface area (TPSA) is 70.5 Å². The van der Waals surface area contributed by atoms with Crippen molar-refractivity contribution in [1.29, 1.82) is 0 Å². The average Bonchev–Trinajstić information content (AvgIpc) is 2.76. The number of rotatable bonds is 3. The highest BCUT2D eigenvalue weighted by atomic mass is 32.2. The second kappa shape index (κ2) is 4.72. The first-order valence-corrected chi connectivity index (χ1v) is 7.07. The Hall–Kier alpha value is -0.980. The maximum absolute atomic E-state index is 12.2. The van der Waals surface area contributed by atoms with Crippen LogP contribution in [0.5, 0.6) is 0 Å². The molecule has 17 heavy (non-hydrogen) atoms. The quantitative estimate of drug-likeness (QED) is 0.866. The van der Waals surface area contributed by atoms with Crippen LogP contribution >= 0.6 is 0 Å². The Labute approximate surface area is 101 Å². The van der Waals surface area contributed by atoms with Crippen LogP contribution in [-0.2, 0) is 16.6 Å². The van der Waals surface area contributed by atoms with Crippen LogP contribution in [0.25, 0.3) is 0 Å². The summed E-state index contributed by atoms with van der Waals surface area (Å²) in [5, 5.41) is 8.94. The molecule has 1 saturated heterocycles. The van der Waals surface area contributed by atoms with Crippen LogP contribution in [0, 0.1) is 0 Å². The highest BCUT2D eigenvalue weighted by Crippen LogP contribution is 2.24. The molecule has 5 nitrogen and oxygen atoms in total. The third-order valence-corrected chi connectivity index (χ3v) is 4.98. The largest absolute Gasteiger partial charge is 0.392 e. The molecular formula is C11H16N2O3S. The first-order chi connectivity index (χ1) is 8.05. The monoisotopic (exact) mass is 256 g/mol. The van der Waals surface area contributed by atoms with Crippen molar-refractivity contribution < 1.29 is 13.5 Å². The summed E-state index contributed by atoms with van der Waals surface area (Å²) in [6, 6.07) is 3.08. The lowest BCUT2D eigenvalue weighted by Crippen LogP contribution is -2.34. The zero-order chi connectivity index (χ0) is 12.5. The molecule has 94 valence electrons. The predicted octanol–water partition coefficient (Wildman–Crippen LogP) is 0.747. The molecule has 1 atom stereocenters. The van der Waals surface area contributed by atoms with Crippen LogP contribution in [0.1, 0.15) is 25.3 Å². The molecule has 0 radical (unpaired) electrons. The summed E-state index contributed by atoms with van der Waals surface area (Å²) in [5.41, 5.74) is 0.610. The molecular weight excluding hydrogens is 240 g/mol. The summed E-state index contributed by atoms with van der Waals surface area (Å²) in [5.74, 6) is 0. The molecule has 1 aromatic rings. The van der Waals surface area contributed by atoms with Gasteiger partial charge in [0.25, 0.3) is 10.0 Å². The smallest absolute Gasteiger partial charge is 0.260 e. The van der Waals surface area contributed by atoms with Crippen LogP contribution < -0.4 is 0 Å². The van der Waals surface area contributed by atoms with Gasteiger partial charge in [-0.05, 0) is 31.4 Å². The Kier molecular flexibility index (Phi) is 3.46. The normalized spacial score (nSPS) is 21.9. The van der Waals surface area contributed by atoms with Crippen molar-refractivity contribution in [2.75, 3.05) is 6.54 Å². The fraction of sp³-hybridized carbons (Fsp3) is 0.545. The Bertz CT molecular complexity index is 484. The third kappa shape index (κ3) is 2.34. The van der Waals surface area contributed by atoms with Gasteiger partial charge in [0.15, 0.2) is 5.03 Å². The van der Waals surface area contributed by atoms with E-state index in [2.05, 4.69) is 4.98 Å². The number of aromatic nitrogens is 1. The molecule has 2 heterocycles. The summed E-state index contributed by atoms with van der Waals surface area (Å²) < 4.78 is 26.0. The van der Waals surface area contributed by atoms with Gasteiger partial charge in [-0.2, -0.15) is 4.31 Å². The van der Waals surface area contributed by atoms with E-state index in [-0.39, 0.29) is 17.7 Å². The average molecular weight is 256 g/mol. The molecule has 1 aromatic heterocycles. The van der Waals surface area contributed by atoms with Gasteiger partial charge in [0, 0.05) is 18.8 Å². The number of nitrogens with zero attached hydrogens (tertiary/aromatic N) is 2. The molecule has 0 amide bonds. The van der Waals surface area contributed by atoms with Gasteiger partial charge in [0.2, 0.25) is 0 Å². The number of sulfonamides is 1. The van der Waals surface area contributed by atoms with Gasteiger partial charge in [-0.3, -0.25) is 0 Å². The molecule has 0 spiro atoms. The van der Waals surface area contributed by atoms with Crippen LogP contribution in [0.3, 0.4) is 0 Å². The van der Waals surface area contributed by atoms with Crippen molar-refractivity contribution in [2.24, 2.45) is 0 Å². The van der Waals surface area contributed by atoms with E-state index >= 15 is 0 Å². The SMILES string of the molecule is CC1CCCN1S(=O)(=O)c1ccc(CO)cn1. The summed E-state index contributed by atoms with van der Waals surface area (Å²) in [7, 11) is -3.47. The Morgan fingerprint density at radius 3 is 2.76 bits per heavy atom. The molecule has 0 bridgehead atoms. The first-order valence-electron chi connectivity index (χ1n) is 5.63. The van der Waals surface area contributed by atoms with Crippen LogP contribution in [0.4, 0.5) is 0 Å². The van der Waals surface area contributed by atoms with E-state index in [0.717, 1.165) is 12.8 Å². The van der Waals surface area contributed by atoms with Gasteiger partial charge >= 0.3 is 0 Å². The number of aliphatic hydroxyl groups excluding tert-OH is 1. The molecule has 2 rings (SSSR count). The highest BCUT2D eigenvalue weighted by molar-refractivity contribution is 7.89. The maximum atomic E-state index is 12.2. The van der Waals surface area contributed by atoms with Gasteiger partial charge < -0.3 is 5.11 Å². The van der Waals surface area contributed by atoms with Crippen LogP contribution in [0.2, 0.25) is 0 Å². The second-order valence-corrected chi connectivity index (χ2v) is 6.11. The summed E-state index contributed by atoms with van der Waals surface area (Å²) in [6.45, 7) is 2.34. The molecule has 1 fully saturated rings. The van der Waals surface area contributed by atoms with Gasteiger partial charge in [0.1, 0.15) is 0 Å². The fourth-order valence-corrected chi connectivity index (χ4v) is 3.66. The minimum Gasteiger partial charge on any atom is -0.392 e. The Morgan fingerprint density at radius 2 is 2.29 bits per heavy atom. The standard InChI is InChI=1S/C11H16N2O3S/c1-9-3-2-6-13(9)17(15,16)11-5-4-10(8-14)7-12-11/h4-5,7,9,14H,2-3,6,8H2,1H3. The summed E-state index contributed by atoms with van der Waals surface area (Å²) in [4.78, 5) is 3.91. The third-order valence-electron chi connectivity index (χ3n) is 3.05. The molecule has 6 heteroatoms. The van der Waals surface area contributed by atoms with E-state index in [9.17, 15) is 8.42 Å². The van der Waals surface area contributed by atoms with E-state index in [1.807, 2.05) is 6.92 Å². The number of hydrogen-bond donors (Lipinski definition) is 1. The zero-order valence-corrected chi connectivity index (χ0v) is 10.5. The van der Waals surface area contributed by atoms with Gasteiger partial charge in [-0.15, -0.1) is 0 Å². The minimum absolute atomic E-state index is 0.0410.